The molecule has 0 spiro atoms. The number of aliphatic carboxylic acids is 1. The fourth-order valence-corrected chi connectivity index (χ4v) is 1.72. The quantitative estimate of drug-likeness (QED) is 0.719. The Morgan fingerprint density at radius 1 is 1.55 bits per heavy atom. The second-order valence-electron chi connectivity index (χ2n) is 4.27. The highest BCUT2D eigenvalue weighted by atomic mass is 35.5. The molecule has 0 aliphatic rings. The summed E-state index contributed by atoms with van der Waals surface area (Å²) in [4.78, 5) is 11.4. The number of hydrogen-bond acceptors (Lipinski definition) is 5. The second-order valence-corrected chi connectivity index (χ2v) is 4.27. The van der Waals surface area contributed by atoms with Crippen LogP contribution in [0.5, 0.6) is 5.75 Å². The molecule has 2 unspecified atom stereocenters. The predicted molar refractivity (Wildman–Crippen MR) is 74.8 cm³/mol. The molecule has 1 rings (SSSR count). The van der Waals surface area contributed by atoms with Crippen molar-refractivity contribution in [3.05, 3.63) is 29.8 Å². The number of nitrogens with zero attached hydrogens (tertiary/aromatic N) is 1. The zero-order valence-corrected chi connectivity index (χ0v) is 11.8. The van der Waals surface area contributed by atoms with E-state index in [0.717, 1.165) is 0 Å². The number of nitrogens with two attached hydrogens (primary N) is 1. The smallest absolute Gasteiger partial charge is 0.349 e. The average molecular weight is 301 g/mol. The van der Waals surface area contributed by atoms with E-state index >= 15 is 0 Å². The van der Waals surface area contributed by atoms with Crippen LogP contribution in [0, 0.1) is 11.3 Å². The summed E-state index contributed by atoms with van der Waals surface area (Å²) in [5, 5.41) is 27.7. The summed E-state index contributed by atoms with van der Waals surface area (Å²) in [5.74, 6) is -1.14. The number of aliphatic hydroxyl groups excluding tert-OH is 1. The Kier molecular flexibility index (Phi) is 7.00. The third-order valence-corrected chi connectivity index (χ3v) is 2.66. The Balaban J connectivity index is 0.00000361. The van der Waals surface area contributed by atoms with Crippen LogP contribution in [0.25, 0.3) is 0 Å². The predicted octanol–water partition coefficient (Wildman–Crippen LogP) is 0.912. The van der Waals surface area contributed by atoms with Gasteiger partial charge in [0.15, 0.2) is 0 Å². The van der Waals surface area contributed by atoms with Crippen molar-refractivity contribution in [1.29, 1.82) is 5.26 Å². The molecule has 0 aliphatic heterocycles. The molecule has 0 aliphatic carbocycles. The molecule has 0 bridgehead atoms. The zero-order chi connectivity index (χ0) is 14.5. The maximum Gasteiger partial charge on any atom is 0.349 e. The SMILES string of the molecule is CC(O)CC(CN)(Oc1ccccc1C#N)C(=O)O.Cl. The van der Waals surface area contributed by atoms with Gasteiger partial charge in [0.2, 0.25) is 5.60 Å². The number of rotatable bonds is 6. The number of nitriles is 1. The number of benzene rings is 1. The molecule has 6 nitrogen and oxygen atoms in total. The second kappa shape index (κ2) is 7.70. The fraction of sp³-hybridized carbons (Fsp3) is 0.385. The van der Waals surface area contributed by atoms with E-state index in [0.29, 0.717) is 0 Å². The molecular formula is C13H17ClN2O4. The first-order chi connectivity index (χ1) is 8.95. The summed E-state index contributed by atoms with van der Waals surface area (Å²) in [7, 11) is 0. The van der Waals surface area contributed by atoms with Crippen molar-refractivity contribution in [2.24, 2.45) is 5.73 Å². The van der Waals surface area contributed by atoms with E-state index in [4.69, 9.17) is 15.7 Å². The first-order valence-corrected chi connectivity index (χ1v) is 5.75. The molecule has 20 heavy (non-hydrogen) atoms. The number of para-hydroxylation sites is 1. The van der Waals surface area contributed by atoms with E-state index in [1.807, 2.05) is 6.07 Å². The van der Waals surface area contributed by atoms with Crippen LogP contribution < -0.4 is 10.5 Å². The summed E-state index contributed by atoms with van der Waals surface area (Å²) < 4.78 is 5.44. The van der Waals surface area contributed by atoms with E-state index in [1.165, 1.54) is 19.1 Å². The van der Waals surface area contributed by atoms with Gasteiger partial charge in [0, 0.05) is 13.0 Å². The normalized spacial score (nSPS) is 14.3. The minimum Gasteiger partial charge on any atom is -0.478 e. The molecule has 0 saturated heterocycles. The van der Waals surface area contributed by atoms with E-state index < -0.39 is 17.7 Å². The van der Waals surface area contributed by atoms with E-state index in [2.05, 4.69) is 0 Å². The van der Waals surface area contributed by atoms with Gasteiger partial charge in [-0.05, 0) is 19.1 Å². The van der Waals surface area contributed by atoms with Crippen LogP contribution in [0.4, 0.5) is 0 Å². The lowest BCUT2D eigenvalue weighted by Gasteiger charge is -2.30. The Bertz CT molecular complexity index is 501. The number of hydrogen-bond donors (Lipinski definition) is 3. The summed E-state index contributed by atoms with van der Waals surface area (Å²) in [6.45, 7) is 1.14. The van der Waals surface area contributed by atoms with E-state index in [9.17, 15) is 15.0 Å². The number of carbonyl (C=O) groups is 1. The third kappa shape index (κ3) is 4.10. The molecule has 110 valence electrons. The lowest BCUT2D eigenvalue weighted by Crippen LogP contribution is -2.52. The first kappa shape index (κ1) is 18.2. The minimum absolute atomic E-state index is 0. The molecule has 2 atom stereocenters. The van der Waals surface area contributed by atoms with Gasteiger partial charge in [-0.2, -0.15) is 5.26 Å². The van der Waals surface area contributed by atoms with Gasteiger partial charge in [-0.1, -0.05) is 12.1 Å². The van der Waals surface area contributed by atoms with Crippen molar-refractivity contribution >= 4 is 18.4 Å². The van der Waals surface area contributed by atoms with Crippen molar-refractivity contribution in [1.82, 2.24) is 0 Å². The van der Waals surface area contributed by atoms with Gasteiger partial charge in [-0.15, -0.1) is 12.4 Å². The number of carboxylic acids is 1. The third-order valence-electron chi connectivity index (χ3n) is 2.66. The van der Waals surface area contributed by atoms with Crippen molar-refractivity contribution in [2.45, 2.75) is 25.0 Å². The Labute approximate surface area is 123 Å². The molecule has 4 N–H and O–H groups in total. The molecule has 0 aromatic heterocycles. The van der Waals surface area contributed by atoms with Crippen LogP contribution in [-0.2, 0) is 4.79 Å². The molecule has 0 radical (unpaired) electrons. The van der Waals surface area contributed by atoms with Gasteiger partial charge >= 0.3 is 5.97 Å². The molecular weight excluding hydrogens is 284 g/mol. The number of aliphatic hydroxyl groups is 1. The number of ether oxygens (including phenoxy) is 1. The van der Waals surface area contributed by atoms with Crippen LogP contribution in [0.3, 0.4) is 0 Å². The molecule has 7 heteroatoms. The minimum atomic E-state index is -1.75. The molecule has 0 saturated carbocycles. The van der Waals surface area contributed by atoms with E-state index in [1.54, 1.807) is 12.1 Å². The highest BCUT2D eigenvalue weighted by Crippen LogP contribution is 2.25. The van der Waals surface area contributed by atoms with Gasteiger partial charge in [-0.3, -0.25) is 0 Å². The molecule has 0 heterocycles. The summed E-state index contributed by atoms with van der Waals surface area (Å²) in [5.41, 5.74) is 3.96. The van der Waals surface area contributed by atoms with Crippen LogP contribution in [0.2, 0.25) is 0 Å². The van der Waals surface area contributed by atoms with E-state index in [-0.39, 0.29) is 36.7 Å². The van der Waals surface area contributed by atoms with Crippen molar-refractivity contribution in [3.8, 4) is 11.8 Å². The van der Waals surface area contributed by atoms with Crippen molar-refractivity contribution < 1.29 is 19.7 Å². The van der Waals surface area contributed by atoms with Crippen molar-refractivity contribution in [3.63, 3.8) is 0 Å². The number of halogens is 1. The van der Waals surface area contributed by atoms with Gasteiger partial charge < -0.3 is 20.7 Å². The first-order valence-electron chi connectivity index (χ1n) is 5.75. The van der Waals surface area contributed by atoms with Gasteiger partial charge in [0.1, 0.15) is 11.8 Å². The maximum absolute atomic E-state index is 11.4. The highest BCUT2D eigenvalue weighted by molar-refractivity contribution is 5.85. The van der Waals surface area contributed by atoms with Gasteiger partial charge in [0.05, 0.1) is 11.7 Å². The van der Waals surface area contributed by atoms with Crippen LogP contribution in [-0.4, -0.2) is 34.4 Å². The molecule has 1 aromatic carbocycles. The molecule has 1 aromatic rings. The Morgan fingerprint density at radius 2 is 2.15 bits per heavy atom. The summed E-state index contributed by atoms with van der Waals surface area (Å²) in [6.07, 6.45) is -1.06. The largest absolute Gasteiger partial charge is 0.478 e. The summed E-state index contributed by atoms with van der Waals surface area (Å²) in [6, 6.07) is 8.19. The number of carboxylic acid groups (broad SMARTS) is 1. The topological polar surface area (TPSA) is 117 Å². The average Bonchev–Trinajstić information content (AvgIpc) is 2.37. The van der Waals surface area contributed by atoms with Crippen LogP contribution >= 0.6 is 12.4 Å². The molecule has 0 fully saturated rings. The lowest BCUT2D eigenvalue weighted by molar-refractivity contribution is -0.157. The zero-order valence-electron chi connectivity index (χ0n) is 10.9. The van der Waals surface area contributed by atoms with Gasteiger partial charge in [-0.25, -0.2) is 4.79 Å². The van der Waals surface area contributed by atoms with Crippen molar-refractivity contribution in [2.75, 3.05) is 6.54 Å². The Morgan fingerprint density at radius 3 is 2.60 bits per heavy atom. The maximum atomic E-state index is 11.4. The summed E-state index contributed by atoms with van der Waals surface area (Å²) >= 11 is 0. The monoisotopic (exact) mass is 300 g/mol. The fourth-order valence-electron chi connectivity index (χ4n) is 1.72. The standard InChI is InChI=1S/C13H16N2O4.ClH/c1-9(16)6-13(8-15,12(17)18)19-11-5-3-2-4-10(11)7-14;/h2-5,9,16H,6,8,15H2,1H3,(H,17,18);1H. The van der Waals surface area contributed by atoms with Crippen LogP contribution in [0.15, 0.2) is 24.3 Å². The highest BCUT2D eigenvalue weighted by Gasteiger charge is 2.41. The molecule has 0 amide bonds. The Hall–Kier alpha value is -1.81. The van der Waals surface area contributed by atoms with Crippen LogP contribution in [0.1, 0.15) is 18.9 Å². The lowest BCUT2D eigenvalue weighted by atomic mass is 9.96. The van der Waals surface area contributed by atoms with Gasteiger partial charge in [0.25, 0.3) is 0 Å².